The Balaban J connectivity index is 1.86. The Morgan fingerprint density at radius 3 is 2.64 bits per heavy atom. The summed E-state index contributed by atoms with van der Waals surface area (Å²) in [5, 5.41) is 16.2. The molecular formula is C20H21N3O5. The smallest absolute Gasteiger partial charge is 0.407 e. The minimum atomic E-state index is -1.13. The third kappa shape index (κ3) is 4.59. The monoisotopic (exact) mass is 383 g/mol. The number of carbonyl (C=O) groups is 2. The first-order valence-corrected chi connectivity index (χ1v) is 8.66. The average molecular weight is 383 g/mol. The van der Waals surface area contributed by atoms with Crippen molar-refractivity contribution in [3.8, 4) is 17.1 Å². The van der Waals surface area contributed by atoms with E-state index in [1.165, 1.54) is 17.0 Å². The number of ether oxygens (including phenoxy) is 1. The molecule has 2 aromatic heterocycles. The standard InChI is InChI=1S/C20H21N3O5/c1-20(2,3)28-19(26)21-12-13-6-4-7-14(10-13)23-16(17-8-5-9-27-17)11-15(22-23)18(24)25/h4-11H,12H2,1-3H3,(H,21,26)(H,24,25). The maximum atomic E-state index is 11.8. The highest BCUT2D eigenvalue weighted by Gasteiger charge is 2.18. The van der Waals surface area contributed by atoms with Crippen molar-refractivity contribution in [3.63, 3.8) is 0 Å². The number of nitrogens with zero attached hydrogens (tertiary/aromatic N) is 2. The second-order valence-electron chi connectivity index (χ2n) is 7.13. The van der Waals surface area contributed by atoms with E-state index in [1.54, 1.807) is 45.0 Å². The Hall–Kier alpha value is -3.55. The molecule has 2 N–H and O–H groups in total. The van der Waals surface area contributed by atoms with E-state index in [-0.39, 0.29) is 12.2 Å². The maximum Gasteiger partial charge on any atom is 0.407 e. The fourth-order valence-electron chi connectivity index (χ4n) is 2.57. The van der Waals surface area contributed by atoms with Crippen molar-refractivity contribution < 1.29 is 23.8 Å². The molecule has 0 atom stereocenters. The van der Waals surface area contributed by atoms with Crippen LogP contribution in [0, 0.1) is 0 Å². The molecule has 3 aromatic rings. The van der Waals surface area contributed by atoms with Crippen molar-refractivity contribution in [2.24, 2.45) is 0 Å². The zero-order valence-electron chi connectivity index (χ0n) is 15.8. The summed E-state index contributed by atoms with van der Waals surface area (Å²) in [6, 6.07) is 12.1. The number of carboxylic acid groups (broad SMARTS) is 1. The van der Waals surface area contributed by atoms with Gasteiger partial charge in [0, 0.05) is 12.6 Å². The van der Waals surface area contributed by atoms with Crippen LogP contribution in [0.1, 0.15) is 36.8 Å². The molecule has 146 valence electrons. The maximum absolute atomic E-state index is 11.8. The molecule has 0 saturated carbocycles. The highest BCUT2D eigenvalue weighted by atomic mass is 16.6. The number of benzene rings is 1. The van der Waals surface area contributed by atoms with E-state index < -0.39 is 17.7 Å². The summed E-state index contributed by atoms with van der Waals surface area (Å²) in [5.41, 5.74) is 1.29. The molecule has 0 unspecified atom stereocenters. The first-order valence-electron chi connectivity index (χ1n) is 8.66. The lowest BCUT2D eigenvalue weighted by molar-refractivity contribution is 0.0523. The van der Waals surface area contributed by atoms with Gasteiger partial charge >= 0.3 is 12.1 Å². The fraction of sp³-hybridized carbons (Fsp3) is 0.250. The Morgan fingerprint density at radius 2 is 2.00 bits per heavy atom. The number of nitrogens with one attached hydrogen (secondary N) is 1. The van der Waals surface area contributed by atoms with Crippen molar-refractivity contribution in [1.82, 2.24) is 15.1 Å². The molecule has 0 aliphatic rings. The van der Waals surface area contributed by atoms with Gasteiger partial charge < -0.3 is 19.6 Å². The third-order valence-electron chi connectivity index (χ3n) is 3.69. The van der Waals surface area contributed by atoms with Crippen LogP contribution < -0.4 is 5.32 Å². The highest BCUT2D eigenvalue weighted by molar-refractivity contribution is 5.87. The van der Waals surface area contributed by atoms with E-state index in [2.05, 4.69) is 10.4 Å². The molecule has 1 aromatic carbocycles. The lowest BCUT2D eigenvalue weighted by Crippen LogP contribution is -2.32. The molecule has 8 heteroatoms. The number of hydrogen-bond acceptors (Lipinski definition) is 5. The van der Waals surface area contributed by atoms with E-state index >= 15 is 0 Å². The van der Waals surface area contributed by atoms with E-state index in [0.717, 1.165) is 5.56 Å². The molecule has 0 aliphatic carbocycles. The molecular weight excluding hydrogens is 362 g/mol. The first kappa shape index (κ1) is 19.2. The lowest BCUT2D eigenvalue weighted by atomic mass is 10.2. The summed E-state index contributed by atoms with van der Waals surface area (Å²) in [6.45, 7) is 5.63. The second-order valence-corrected chi connectivity index (χ2v) is 7.13. The Morgan fingerprint density at radius 1 is 1.21 bits per heavy atom. The molecule has 0 saturated heterocycles. The van der Waals surface area contributed by atoms with Crippen molar-refractivity contribution in [1.29, 1.82) is 0 Å². The largest absolute Gasteiger partial charge is 0.476 e. The summed E-state index contributed by atoms with van der Waals surface area (Å²) < 4.78 is 12.1. The number of amides is 1. The molecule has 0 bridgehead atoms. The number of furan rings is 1. The van der Waals surface area contributed by atoms with Crippen molar-refractivity contribution >= 4 is 12.1 Å². The number of aromatic nitrogens is 2. The summed E-state index contributed by atoms with van der Waals surface area (Å²) in [4.78, 5) is 23.2. The predicted molar refractivity (Wildman–Crippen MR) is 101 cm³/mol. The van der Waals surface area contributed by atoms with Gasteiger partial charge in [0.2, 0.25) is 0 Å². The van der Waals surface area contributed by atoms with Crippen LogP contribution in [0.3, 0.4) is 0 Å². The van der Waals surface area contributed by atoms with Gasteiger partial charge in [-0.25, -0.2) is 14.3 Å². The normalized spacial score (nSPS) is 11.2. The molecule has 0 spiro atoms. The predicted octanol–water partition coefficient (Wildman–Crippen LogP) is 3.86. The van der Waals surface area contributed by atoms with Crippen LogP contribution in [0.25, 0.3) is 17.1 Å². The third-order valence-corrected chi connectivity index (χ3v) is 3.69. The Labute approximate surface area is 161 Å². The number of alkyl carbamates (subject to hydrolysis) is 1. The van der Waals surface area contributed by atoms with Gasteiger partial charge in [0.1, 0.15) is 11.3 Å². The summed E-state index contributed by atoms with van der Waals surface area (Å²) in [6.07, 6.45) is 0.996. The lowest BCUT2D eigenvalue weighted by Gasteiger charge is -2.19. The topological polar surface area (TPSA) is 107 Å². The first-order chi connectivity index (χ1) is 13.2. The van der Waals surface area contributed by atoms with E-state index in [0.29, 0.717) is 17.1 Å². The van der Waals surface area contributed by atoms with Crippen LogP contribution in [0.15, 0.2) is 53.1 Å². The van der Waals surface area contributed by atoms with Gasteiger partial charge in [-0.1, -0.05) is 12.1 Å². The molecule has 8 nitrogen and oxygen atoms in total. The molecule has 0 aliphatic heterocycles. The van der Waals surface area contributed by atoms with Gasteiger partial charge in [-0.05, 0) is 50.6 Å². The average Bonchev–Trinajstić information content (AvgIpc) is 3.28. The summed E-state index contributed by atoms with van der Waals surface area (Å²) in [5.74, 6) is -0.633. The van der Waals surface area contributed by atoms with Crippen molar-refractivity contribution in [3.05, 3.63) is 60.0 Å². The highest BCUT2D eigenvalue weighted by Crippen LogP contribution is 2.25. The molecule has 2 heterocycles. The zero-order valence-corrected chi connectivity index (χ0v) is 15.8. The summed E-state index contributed by atoms with van der Waals surface area (Å²) >= 11 is 0. The number of hydrogen-bond donors (Lipinski definition) is 2. The van der Waals surface area contributed by atoms with Crippen molar-refractivity contribution in [2.75, 3.05) is 0 Å². The number of aromatic carboxylic acids is 1. The quantitative estimate of drug-likeness (QED) is 0.693. The van der Waals surface area contributed by atoms with E-state index in [1.807, 2.05) is 12.1 Å². The van der Waals surface area contributed by atoms with Crippen molar-refractivity contribution in [2.45, 2.75) is 32.9 Å². The van der Waals surface area contributed by atoms with Gasteiger partial charge in [0.05, 0.1) is 12.0 Å². The SMILES string of the molecule is CC(C)(C)OC(=O)NCc1cccc(-n2nc(C(=O)O)cc2-c2ccco2)c1. The van der Waals surface area contributed by atoms with Crippen LogP contribution in [0.4, 0.5) is 4.79 Å². The minimum Gasteiger partial charge on any atom is -0.476 e. The van der Waals surface area contributed by atoms with Crippen LogP contribution >= 0.6 is 0 Å². The Kier molecular flexibility index (Phi) is 5.21. The Bertz CT molecular complexity index is 984. The number of carboxylic acids is 1. The van der Waals surface area contributed by atoms with Crippen LogP contribution in [-0.4, -0.2) is 32.6 Å². The van der Waals surface area contributed by atoms with E-state index in [4.69, 9.17) is 9.15 Å². The fourth-order valence-corrected chi connectivity index (χ4v) is 2.57. The van der Waals surface area contributed by atoms with Gasteiger partial charge in [-0.2, -0.15) is 5.10 Å². The minimum absolute atomic E-state index is 0.0938. The molecule has 3 rings (SSSR count). The van der Waals surface area contributed by atoms with Crippen LogP contribution in [0.2, 0.25) is 0 Å². The summed E-state index contributed by atoms with van der Waals surface area (Å²) in [7, 11) is 0. The molecule has 0 fully saturated rings. The van der Waals surface area contributed by atoms with E-state index in [9.17, 15) is 14.7 Å². The number of carbonyl (C=O) groups excluding carboxylic acids is 1. The second kappa shape index (κ2) is 7.59. The van der Waals surface area contributed by atoms with Gasteiger partial charge in [0.25, 0.3) is 0 Å². The van der Waals surface area contributed by atoms with Crippen LogP contribution in [-0.2, 0) is 11.3 Å². The number of rotatable bonds is 5. The van der Waals surface area contributed by atoms with Crippen LogP contribution in [0.5, 0.6) is 0 Å². The van der Waals surface area contributed by atoms with Gasteiger partial charge in [-0.15, -0.1) is 0 Å². The van der Waals surface area contributed by atoms with Gasteiger partial charge in [0.15, 0.2) is 11.5 Å². The molecule has 28 heavy (non-hydrogen) atoms. The zero-order chi connectivity index (χ0) is 20.3. The molecule has 0 radical (unpaired) electrons. The van der Waals surface area contributed by atoms with Gasteiger partial charge in [-0.3, -0.25) is 0 Å². The molecule has 1 amide bonds.